The third-order valence-corrected chi connectivity index (χ3v) is 3.91. The fraction of sp³-hybridized carbons (Fsp3) is 0.273. The average Bonchev–Trinajstić information content (AvgIpc) is 2.65. The molecule has 1 amide bonds. The van der Waals surface area contributed by atoms with E-state index in [1.54, 1.807) is 18.2 Å². The summed E-state index contributed by atoms with van der Waals surface area (Å²) in [6.45, 7) is 0.138. The van der Waals surface area contributed by atoms with Crippen LogP contribution in [-0.2, 0) is 9.59 Å². The lowest BCUT2D eigenvalue weighted by Gasteiger charge is -2.17. The first-order valence-electron chi connectivity index (χ1n) is 4.95. The first-order valence-corrected chi connectivity index (χ1v) is 6.12. The van der Waals surface area contributed by atoms with E-state index in [0.717, 1.165) is 4.47 Å². The van der Waals surface area contributed by atoms with Gasteiger partial charge in [0.25, 0.3) is 0 Å². The number of benzene rings is 1. The first kappa shape index (κ1) is 12.4. The Morgan fingerprint density at radius 1 is 1.53 bits per heavy atom. The lowest BCUT2D eigenvalue weighted by atomic mass is 10.1. The van der Waals surface area contributed by atoms with Gasteiger partial charge in [-0.05, 0) is 34.1 Å². The van der Waals surface area contributed by atoms with Gasteiger partial charge in [0.05, 0.1) is 5.02 Å². The van der Waals surface area contributed by atoms with E-state index in [0.29, 0.717) is 10.7 Å². The summed E-state index contributed by atoms with van der Waals surface area (Å²) in [6.07, 6.45) is -0.0178. The molecular formula is C11H8BrClNO3-. The first-order chi connectivity index (χ1) is 7.99. The lowest BCUT2D eigenvalue weighted by molar-refractivity contribution is -0.310. The van der Waals surface area contributed by atoms with Gasteiger partial charge >= 0.3 is 0 Å². The van der Waals surface area contributed by atoms with E-state index in [4.69, 9.17) is 11.6 Å². The van der Waals surface area contributed by atoms with Gasteiger partial charge in [0, 0.05) is 35.0 Å². The summed E-state index contributed by atoms with van der Waals surface area (Å²) in [7, 11) is 0. The number of halogens is 2. The Morgan fingerprint density at radius 3 is 2.76 bits per heavy atom. The highest BCUT2D eigenvalue weighted by Crippen LogP contribution is 2.30. The molecule has 0 aromatic heterocycles. The van der Waals surface area contributed by atoms with Crippen LogP contribution in [0.25, 0.3) is 0 Å². The summed E-state index contributed by atoms with van der Waals surface area (Å²) in [5.74, 6) is -2.16. The van der Waals surface area contributed by atoms with Crippen LogP contribution in [0.1, 0.15) is 6.42 Å². The van der Waals surface area contributed by atoms with Crippen molar-refractivity contribution in [1.82, 2.24) is 0 Å². The number of hydrogen-bond donors (Lipinski definition) is 0. The van der Waals surface area contributed by atoms with Crippen LogP contribution < -0.4 is 10.0 Å². The number of aliphatic carboxylic acids is 1. The molecule has 4 nitrogen and oxygen atoms in total. The second-order valence-electron chi connectivity index (χ2n) is 3.82. The van der Waals surface area contributed by atoms with Gasteiger partial charge in [0.2, 0.25) is 5.91 Å². The van der Waals surface area contributed by atoms with Crippen LogP contribution in [0, 0.1) is 5.92 Å². The Morgan fingerprint density at radius 2 is 2.24 bits per heavy atom. The van der Waals surface area contributed by atoms with Crippen molar-refractivity contribution < 1.29 is 14.7 Å². The van der Waals surface area contributed by atoms with Crippen LogP contribution >= 0.6 is 27.5 Å². The smallest absolute Gasteiger partial charge is 0.227 e. The van der Waals surface area contributed by atoms with Gasteiger partial charge in [-0.2, -0.15) is 0 Å². The zero-order valence-electron chi connectivity index (χ0n) is 8.65. The number of amides is 1. The fourth-order valence-corrected chi connectivity index (χ4v) is 2.19. The molecular weight excluding hydrogens is 309 g/mol. The molecule has 1 saturated heterocycles. The molecule has 1 atom stereocenters. The minimum atomic E-state index is -1.19. The van der Waals surface area contributed by atoms with E-state index in [2.05, 4.69) is 15.9 Å². The number of rotatable bonds is 2. The summed E-state index contributed by atoms with van der Waals surface area (Å²) in [5, 5.41) is 11.2. The number of carbonyl (C=O) groups excluding carboxylic acids is 2. The maximum atomic E-state index is 11.7. The van der Waals surface area contributed by atoms with Crippen LogP contribution in [-0.4, -0.2) is 18.4 Å². The van der Waals surface area contributed by atoms with Crippen molar-refractivity contribution in [1.29, 1.82) is 0 Å². The van der Waals surface area contributed by atoms with Crippen molar-refractivity contribution in [3.05, 3.63) is 27.7 Å². The van der Waals surface area contributed by atoms with Gasteiger partial charge in [0.1, 0.15) is 0 Å². The van der Waals surface area contributed by atoms with Crippen molar-refractivity contribution in [2.75, 3.05) is 11.4 Å². The molecule has 0 spiro atoms. The summed E-state index contributed by atoms with van der Waals surface area (Å²) in [5.41, 5.74) is 0.604. The SMILES string of the molecule is O=C([O-])[C@@H]1CC(=O)N(c2ccc(Br)c(Cl)c2)C1. The number of carboxylic acids is 1. The van der Waals surface area contributed by atoms with E-state index in [-0.39, 0.29) is 18.9 Å². The Bertz CT molecular complexity index is 492. The van der Waals surface area contributed by atoms with Gasteiger partial charge in [-0.1, -0.05) is 11.6 Å². The number of anilines is 1. The zero-order valence-corrected chi connectivity index (χ0v) is 11.0. The molecule has 1 aliphatic rings. The number of nitrogens with zero attached hydrogens (tertiary/aromatic N) is 1. The third-order valence-electron chi connectivity index (χ3n) is 2.67. The summed E-state index contributed by atoms with van der Waals surface area (Å²) in [6, 6.07) is 5.06. The monoisotopic (exact) mass is 316 g/mol. The van der Waals surface area contributed by atoms with E-state index in [1.165, 1.54) is 4.90 Å². The lowest BCUT2D eigenvalue weighted by Crippen LogP contribution is -2.33. The molecule has 0 unspecified atom stereocenters. The van der Waals surface area contributed by atoms with E-state index >= 15 is 0 Å². The number of carboxylic acid groups (broad SMARTS) is 1. The Labute approximate surface area is 111 Å². The summed E-state index contributed by atoms with van der Waals surface area (Å²) >= 11 is 9.17. The second kappa shape index (κ2) is 4.66. The molecule has 1 aromatic rings. The molecule has 90 valence electrons. The molecule has 0 radical (unpaired) electrons. The number of carbonyl (C=O) groups is 2. The predicted molar refractivity (Wildman–Crippen MR) is 64.6 cm³/mol. The quantitative estimate of drug-likeness (QED) is 0.823. The molecule has 0 saturated carbocycles. The molecule has 2 rings (SSSR count). The molecule has 1 heterocycles. The van der Waals surface area contributed by atoms with Crippen LogP contribution in [0.15, 0.2) is 22.7 Å². The maximum Gasteiger partial charge on any atom is 0.227 e. The summed E-state index contributed by atoms with van der Waals surface area (Å²) < 4.78 is 0.728. The highest BCUT2D eigenvalue weighted by atomic mass is 79.9. The van der Waals surface area contributed by atoms with Crippen molar-refractivity contribution in [3.8, 4) is 0 Å². The van der Waals surface area contributed by atoms with Crippen LogP contribution in [0.2, 0.25) is 5.02 Å². The predicted octanol–water partition coefficient (Wildman–Crippen LogP) is 1.21. The molecule has 17 heavy (non-hydrogen) atoms. The highest BCUT2D eigenvalue weighted by Gasteiger charge is 2.31. The molecule has 0 aliphatic carbocycles. The minimum absolute atomic E-state index is 0.0178. The van der Waals surface area contributed by atoms with Crippen LogP contribution in [0.3, 0.4) is 0 Å². The minimum Gasteiger partial charge on any atom is -0.550 e. The molecule has 1 aromatic carbocycles. The van der Waals surface area contributed by atoms with Gasteiger partial charge in [-0.25, -0.2) is 0 Å². The summed E-state index contributed by atoms with van der Waals surface area (Å²) in [4.78, 5) is 23.8. The van der Waals surface area contributed by atoms with E-state index in [9.17, 15) is 14.7 Å². The number of hydrogen-bond acceptors (Lipinski definition) is 3. The second-order valence-corrected chi connectivity index (χ2v) is 5.08. The molecule has 0 bridgehead atoms. The van der Waals surface area contributed by atoms with Gasteiger partial charge in [-0.15, -0.1) is 0 Å². The van der Waals surface area contributed by atoms with Crippen molar-refractivity contribution >= 4 is 45.1 Å². The fourth-order valence-electron chi connectivity index (χ4n) is 1.77. The van der Waals surface area contributed by atoms with Crippen molar-refractivity contribution in [3.63, 3.8) is 0 Å². The zero-order chi connectivity index (χ0) is 12.6. The highest BCUT2D eigenvalue weighted by molar-refractivity contribution is 9.10. The molecule has 0 N–H and O–H groups in total. The maximum absolute atomic E-state index is 11.7. The third kappa shape index (κ3) is 2.45. The van der Waals surface area contributed by atoms with E-state index < -0.39 is 11.9 Å². The Balaban J connectivity index is 2.26. The topological polar surface area (TPSA) is 60.4 Å². The molecule has 1 fully saturated rings. The van der Waals surface area contributed by atoms with Gasteiger partial charge in [-0.3, -0.25) is 4.79 Å². The standard InChI is InChI=1S/C11H9BrClNO3/c12-8-2-1-7(4-9(8)13)14-5-6(11(16)17)3-10(14)15/h1-2,4,6H,3,5H2,(H,16,17)/p-1/t6-/m1/s1. The van der Waals surface area contributed by atoms with Gasteiger partial charge in [0.15, 0.2) is 0 Å². The Hall–Kier alpha value is -1.07. The molecule has 6 heteroatoms. The normalized spacial score (nSPS) is 19.8. The van der Waals surface area contributed by atoms with Crippen LogP contribution in [0.5, 0.6) is 0 Å². The van der Waals surface area contributed by atoms with E-state index in [1.807, 2.05) is 0 Å². The van der Waals surface area contributed by atoms with Gasteiger partial charge < -0.3 is 14.8 Å². The largest absolute Gasteiger partial charge is 0.550 e. The van der Waals surface area contributed by atoms with Crippen LogP contribution in [0.4, 0.5) is 5.69 Å². The molecule has 1 aliphatic heterocycles. The van der Waals surface area contributed by atoms with Crippen molar-refractivity contribution in [2.24, 2.45) is 5.92 Å². The average molecular weight is 318 g/mol. The Kier molecular flexibility index (Phi) is 3.40. The van der Waals surface area contributed by atoms with Crippen molar-refractivity contribution in [2.45, 2.75) is 6.42 Å².